The fourth-order valence-electron chi connectivity index (χ4n) is 2.50. The highest BCUT2D eigenvalue weighted by Crippen LogP contribution is 2.24. The zero-order chi connectivity index (χ0) is 18.5. The molecule has 0 aliphatic heterocycles. The van der Waals surface area contributed by atoms with Crippen molar-refractivity contribution in [2.75, 3.05) is 6.61 Å². The number of rotatable bonds is 6. The van der Waals surface area contributed by atoms with E-state index in [2.05, 4.69) is 10.3 Å². The molecule has 0 aliphatic carbocycles. The van der Waals surface area contributed by atoms with E-state index < -0.39 is 5.97 Å². The van der Waals surface area contributed by atoms with Gasteiger partial charge in [-0.15, -0.1) is 5.10 Å². The van der Waals surface area contributed by atoms with Crippen molar-refractivity contribution in [3.05, 3.63) is 70.5 Å². The van der Waals surface area contributed by atoms with Crippen LogP contribution < -0.4 is 4.74 Å². The van der Waals surface area contributed by atoms with Crippen LogP contribution in [0.1, 0.15) is 28.7 Å². The Bertz CT molecular complexity index is 924. The second-order valence-electron chi connectivity index (χ2n) is 5.54. The topological polar surface area (TPSA) is 66.2 Å². The van der Waals surface area contributed by atoms with E-state index in [9.17, 15) is 4.79 Å². The Hall–Kier alpha value is -2.86. The van der Waals surface area contributed by atoms with E-state index >= 15 is 0 Å². The van der Waals surface area contributed by atoms with Gasteiger partial charge in [0.1, 0.15) is 18.0 Å². The zero-order valence-electron chi connectivity index (χ0n) is 14.5. The summed E-state index contributed by atoms with van der Waals surface area (Å²) in [5.74, 6) is 0.129. The first kappa shape index (κ1) is 17.9. The standard InChI is InChI=1S/C19H18ClN3O3/c1-3-25-17-10-5-4-9-16(17)23-13(2)18(21-22-23)19(24)26-12-14-7-6-8-15(20)11-14/h4-11H,3,12H2,1-2H3. The van der Waals surface area contributed by atoms with Gasteiger partial charge >= 0.3 is 5.97 Å². The Kier molecular flexibility index (Phi) is 5.53. The average molecular weight is 372 g/mol. The van der Waals surface area contributed by atoms with Gasteiger partial charge < -0.3 is 9.47 Å². The van der Waals surface area contributed by atoms with Crippen molar-refractivity contribution in [1.29, 1.82) is 0 Å². The van der Waals surface area contributed by atoms with Crippen molar-refractivity contribution in [2.24, 2.45) is 0 Å². The molecule has 3 aromatic rings. The van der Waals surface area contributed by atoms with E-state index in [4.69, 9.17) is 21.1 Å². The Morgan fingerprint density at radius 3 is 2.77 bits per heavy atom. The normalized spacial score (nSPS) is 10.6. The van der Waals surface area contributed by atoms with Gasteiger partial charge in [0.25, 0.3) is 0 Å². The van der Waals surface area contributed by atoms with Crippen molar-refractivity contribution >= 4 is 17.6 Å². The maximum absolute atomic E-state index is 12.4. The molecule has 2 aromatic carbocycles. The summed E-state index contributed by atoms with van der Waals surface area (Å²) in [4.78, 5) is 12.4. The number of hydrogen-bond donors (Lipinski definition) is 0. The molecule has 0 bridgehead atoms. The maximum Gasteiger partial charge on any atom is 0.361 e. The third-order valence-electron chi connectivity index (χ3n) is 3.74. The van der Waals surface area contributed by atoms with Gasteiger partial charge in [-0.3, -0.25) is 0 Å². The molecular weight excluding hydrogens is 354 g/mol. The molecule has 0 unspecified atom stereocenters. The van der Waals surface area contributed by atoms with E-state index in [0.29, 0.717) is 28.8 Å². The Morgan fingerprint density at radius 2 is 2.00 bits per heavy atom. The number of esters is 1. The lowest BCUT2D eigenvalue weighted by molar-refractivity contribution is 0.0464. The lowest BCUT2D eigenvalue weighted by atomic mass is 10.2. The summed E-state index contributed by atoms with van der Waals surface area (Å²) < 4.78 is 12.5. The number of nitrogens with zero attached hydrogens (tertiary/aromatic N) is 3. The van der Waals surface area contributed by atoms with Gasteiger partial charge in [-0.25, -0.2) is 9.48 Å². The number of carbonyl (C=O) groups is 1. The van der Waals surface area contributed by atoms with E-state index in [1.54, 1.807) is 29.8 Å². The number of halogens is 1. The van der Waals surface area contributed by atoms with Crippen molar-refractivity contribution in [3.63, 3.8) is 0 Å². The van der Waals surface area contributed by atoms with Crippen molar-refractivity contribution < 1.29 is 14.3 Å². The van der Waals surface area contributed by atoms with Gasteiger partial charge in [-0.2, -0.15) is 0 Å². The smallest absolute Gasteiger partial charge is 0.361 e. The van der Waals surface area contributed by atoms with E-state index in [0.717, 1.165) is 5.56 Å². The third kappa shape index (κ3) is 3.86. The predicted octanol–water partition coefficient (Wildman–Crippen LogP) is 3.98. The molecule has 134 valence electrons. The molecule has 0 amide bonds. The molecule has 0 aliphatic rings. The maximum atomic E-state index is 12.4. The lowest BCUT2D eigenvalue weighted by Gasteiger charge is -2.10. The van der Waals surface area contributed by atoms with Crippen LogP contribution in [0.3, 0.4) is 0 Å². The summed E-state index contributed by atoms with van der Waals surface area (Å²) in [7, 11) is 0. The molecule has 0 spiro atoms. The number of para-hydroxylation sites is 2. The molecule has 0 radical (unpaired) electrons. The van der Waals surface area contributed by atoms with Crippen LogP contribution in [-0.4, -0.2) is 27.6 Å². The molecule has 0 N–H and O–H groups in total. The van der Waals surface area contributed by atoms with Crippen LogP contribution >= 0.6 is 11.6 Å². The number of hydrogen-bond acceptors (Lipinski definition) is 5. The molecule has 0 saturated carbocycles. The van der Waals surface area contributed by atoms with Crippen molar-refractivity contribution in [2.45, 2.75) is 20.5 Å². The average Bonchev–Trinajstić information content (AvgIpc) is 3.02. The monoisotopic (exact) mass is 371 g/mol. The van der Waals surface area contributed by atoms with Crippen LogP contribution in [0, 0.1) is 6.92 Å². The molecular formula is C19H18ClN3O3. The fourth-order valence-corrected chi connectivity index (χ4v) is 2.71. The van der Waals surface area contributed by atoms with Crippen LogP contribution in [0.25, 0.3) is 5.69 Å². The second-order valence-corrected chi connectivity index (χ2v) is 5.98. The van der Waals surface area contributed by atoms with E-state index in [-0.39, 0.29) is 12.3 Å². The van der Waals surface area contributed by atoms with Gasteiger partial charge in [0.2, 0.25) is 0 Å². The summed E-state index contributed by atoms with van der Waals surface area (Å²) in [5, 5.41) is 8.65. The van der Waals surface area contributed by atoms with Gasteiger partial charge in [-0.05, 0) is 43.7 Å². The highest BCUT2D eigenvalue weighted by atomic mass is 35.5. The first-order valence-corrected chi connectivity index (χ1v) is 8.54. The highest BCUT2D eigenvalue weighted by molar-refractivity contribution is 6.30. The molecule has 1 heterocycles. The highest BCUT2D eigenvalue weighted by Gasteiger charge is 2.20. The minimum atomic E-state index is -0.539. The summed E-state index contributed by atoms with van der Waals surface area (Å²) in [6.45, 7) is 4.31. The predicted molar refractivity (Wildman–Crippen MR) is 97.8 cm³/mol. The Morgan fingerprint density at radius 1 is 1.19 bits per heavy atom. The van der Waals surface area contributed by atoms with Crippen LogP contribution in [-0.2, 0) is 11.3 Å². The fraction of sp³-hybridized carbons (Fsp3) is 0.211. The minimum absolute atomic E-state index is 0.112. The zero-order valence-corrected chi connectivity index (χ0v) is 15.2. The lowest BCUT2D eigenvalue weighted by Crippen LogP contribution is -2.09. The third-order valence-corrected chi connectivity index (χ3v) is 3.98. The molecule has 0 fully saturated rings. The molecule has 6 nitrogen and oxygen atoms in total. The SMILES string of the molecule is CCOc1ccccc1-n1nnc(C(=O)OCc2cccc(Cl)c2)c1C. The molecule has 1 aromatic heterocycles. The van der Waals surface area contributed by atoms with Gasteiger partial charge in [0.15, 0.2) is 5.69 Å². The van der Waals surface area contributed by atoms with Crippen molar-refractivity contribution in [3.8, 4) is 11.4 Å². The van der Waals surface area contributed by atoms with Gasteiger partial charge in [-0.1, -0.05) is 41.1 Å². The van der Waals surface area contributed by atoms with Crippen molar-refractivity contribution in [1.82, 2.24) is 15.0 Å². The Labute approximate surface area is 156 Å². The number of aromatic nitrogens is 3. The summed E-state index contributed by atoms with van der Waals surface area (Å²) in [6.07, 6.45) is 0. The number of carbonyl (C=O) groups excluding carboxylic acids is 1. The van der Waals surface area contributed by atoms with Gasteiger partial charge in [0.05, 0.1) is 12.3 Å². The molecule has 7 heteroatoms. The van der Waals surface area contributed by atoms with Crippen LogP contribution in [0.2, 0.25) is 5.02 Å². The molecule has 0 atom stereocenters. The summed E-state index contributed by atoms with van der Waals surface area (Å²) >= 11 is 5.94. The van der Waals surface area contributed by atoms with Crippen LogP contribution in [0.4, 0.5) is 0 Å². The van der Waals surface area contributed by atoms with E-state index in [1.165, 1.54) is 0 Å². The first-order valence-electron chi connectivity index (χ1n) is 8.16. The van der Waals surface area contributed by atoms with Crippen LogP contribution in [0.15, 0.2) is 48.5 Å². The van der Waals surface area contributed by atoms with E-state index in [1.807, 2.05) is 37.3 Å². The number of benzene rings is 2. The molecule has 26 heavy (non-hydrogen) atoms. The minimum Gasteiger partial charge on any atom is -0.492 e. The summed E-state index contributed by atoms with van der Waals surface area (Å²) in [6, 6.07) is 14.6. The summed E-state index contributed by atoms with van der Waals surface area (Å²) in [5.41, 5.74) is 2.26. The number of ether oxygens (including phenoxy) is 2. The quantitative estimate of drug-likeness (QED) is 0.613. The van der Waals surface area contributed by atoms with Crippen LogP contribution in [0.5, 0.6) is 5.75 Å². The first-order chi connectivity index (χ1) is 12.6. The molecule has 3 rings (SSSR count). The largest absolute Gasteiger partial charge is 0.492 e. The van der Waals surface area contributed by atoms with Gasteiger partial charge in [0, 0.05) is 5.02 Å². The second kappa shape index (κ2) is 8.01. The molecule has 0 saturated heterocycles. The Balaban J connectivity index is 1.79.